The summed E-state index contributed by atoms with van der Waals surface area (Å²) in [5, 5.41) is 0.234. The molecule has 0 atom stereocenters. The van der Waals surface area contributed by atoms with E-state index in [1.807, 2.05) is 17.0 Å². The lowest BCUT2D eigenvalue weighted by atomic mass is 10.0. The van der Waals surface area contributed by atoms with Crippen molar-refractivity contribution >= 4 is 38.9 Å². The number of aromatic nitrogens is 1. The van der Waals surface area contributed by atoms with Gasteiger partial charge in [-0.1, -0.05) is 11.6 Å². The van der Waals surface area contributed by atoms with Gasteiger partial charge in [0, 0.05) is 30.0 Å². The number of carbonyl (C=O) groups is 1. The van der Waals surface area contributed by atoms with Gasteiger partial charge in [0.25, 0.3) is 10.0 Å². The maximum atomic E-state index is 12.5. The van der Waals surface area contributed by atoms with Crippen LogP contribution in [0, 0.1) is 5.92 Å². The third-order valence-electron chi connectivity index (χ3n) is 4.65. The monoisotopic (exact) mass is 391 g/mol. The first kappa shape index (κ1) is 17.3. The molecular formula is C18H18ClN3O3S. The minimum Gasteiger partial charge on any atom is -0.312 e. The fourth-order valence-electron chi connectivity index (χ4n) is 3.18. The molecule has 1 saturated carbocycles. The number of benzene rings is 1. The van der Waals surface area contributed by atoms with Crippen LogP contribution in [-0.2, 0) is 21.2 Å². The van der Waals surface area contributed by atoms with Gasteiger partial charge in [0.05, 0.1) is 0 Å². The SMILES string of the molecule is O=C(C1CC1)N1CCCc2cc(NS(=O)(=O)c3ccc(Cl)nc3)ccc21. The van der Waals surface area contributed by atoms with Crippen LogP contribution in [0.1, 0.15) is 24.8 Å². The molecule has 0 bridgehead atoms. The van der Waals surface area contributed by atoms with Gasteiger partial charge in [-0.3, -0.25) is 9.52 Å². The molecule has 0 radical (unpaired) electrons. The number of carbonyl (C=O) groups excluding carboxylic acids is 1. The summed E-state index contributed by atoms with van der Waals surface area (Å²) < 4.78 is 27.6. The Hall–Kier alpha value is -2.12. The molecule has 1 aliphatic heterocycles. The van der Waals surface area contributed by atoms with Crippen LogP contribution in [0.2, 0.25) is 5.15 Å². The van der Waals surface area contributed by atoms with Gasteiger partial charge >= 0.3 is 0 Å². The van der Waals surface area contributed by atoms with Crippen molar-refractivity contribution in [2.24, 2.45) is 5.92 Å². The quantitative estimate of drug-likeness (QED) is 0.811. The third-order valence-corrected chi connectivity index (χ3v) is 6.24. The number of hydrogen-bond donors (Lipinski definition) is 1. The smallest absolute Gasteiger partial charge is 0.263 e. The second-order valence-electron chi connectivity index (χ2n) is 6.63. The maximum Gasteiger partial charge on any atom is 0.263 e. The highest BCUT2D eigenvalue weighted by Crippen LogP contribution is 2.36. The van der Waals surface area contributed by atoms with Crippen LogP contribution in [0.15, 0.2) is 41.4 Å². The molecule has 136 valence electrons. The highest BCUT2D eigenvalue weighted by molar-refractivity contribution is 7.92. The summed E-state index contributed by atoms with van der Waals surface area (Å²) in [5.74, 6) is 0.350. The number of sulfonamides is 1. The van der Waals surface area contributed by atoms with Gasteiger partial charge in [-0.25, -0.2) is 13.4 Å². The van der Waals surface area contributed by atoms with E-state index in [1.54, 1.807) is 6.07 Å². The number of nitrogens with zero attached hydrogens (tertiary/aromatic N) is 2. The Morgan fingerprint density at radius 1 is 1.23 bits per heavy atom. The summed E-state index contributed by atoms with van der Waals surface area (Å²) in [6.45, 7) is 0.726. The Kier molecular flexibility index (Phi) is 4.36. The van der Waals surface area contributed by atoms with E-state index in [-0.39, 0.29) is 21.9 Å². The number of halogens is 1. The minimum absolute atomic E-state index is 0.0464. The normalized spacial score (nSPS) is 16.9. The van der Waals surface area contributed by atoms with Gasteiger partial charge in [-0.15, -0.1) is 0 Å². The van der Waals surface area contributed by atoms with Gasteiger partial charge in [-0.05, 0) is 61.6 Å². The Labute approximate surface area is 157 Å². The van der Waals surface area contributed by atoms with Crippen molar-refractivity contribution in [1.29, 1.82) is 0 Å². The first-order valence-electron chi connectivity index (χ1n) is 8.53. The van der Waals surface area contributed by atoms with Crippen molar-refractivity contribution in [2.45, 2.75) is 30.6 Å². The number of rotatable bonds is 4. The van der Waals surface area contributed by atoms with Gasteiger partial charge in [0.15, 0.2) is 0 Å². The molecule has 0 saturated heterocycles. The number of pyridine rings is 1. The van der Waals surface area contributed by atoms with Crippen LogP contribution in [0.3, 0.4) is 0 Å². The van der Waals surface area contributed by atoms with E-state index in [0.29, 0.717) is 5.69 Å². The van der Waals surface area contributed by atoms with Gasteiger partial charge in [-0.2, -0.15) is 0 Å². The van der Waals surface area contributed by atoms with Gasteiger partial charge in [0.1, 0.15) is 10.0 Å². The summed E-state index contributed by atoms with van der Waals surface area (Å²) in [4.78, 5) is 18.1. The van der Waals surface area contributed by atoms with E-state index >= 15 is 0 Å². The van der Waals surface area contributed by atoms with Crippen LogP contribution in [0.5, 0.6) is 0 Å². The van der Waals surface area contributed by atoms with Crippen molar-refractivity contribution in [3.05, 3.63) is 47.2 Å². The Morgan fingerprint density at radius 2 is 2.04 bits per heavy atom. The predicted molar refractivity (Wildman–Crippen MR) is 99.9 cm³/mol. The van der Waals surface area contributed by atoms with Crippen LogP contribution in [-0.4, -0.2) is 25.9 Å². The average Bonchev–Trinajstić information content (AvgIpc) is 3.45. The minimum atomic E-state index is -3.74. The second-order valence-corrected chi connectivity index (χ2v) is 8.70. The molecule has 1 fully saturated rings. The van der Waals surface area contributed by atoms with Crippen molar-refractivity contribution in [1.82, 2.24) is 4.98 Å². The Morgan fingerprint density at radius 3 is 2.73 bits per heavy atom. The molecule has 1 aromatic carbocycles. The van der Waals surface area contributed by atoms with Crippen molar-refractivity contribution < 1.29 is 13.2 Å². The summed E-state index contributed by atoms with van der Waals surface area (Å²) >= 11 is 5.71. The molecule has 2 aliphatic rings. The van der Waals surface area contributed by atoms with Crippen LogP contribution >= 0.6 is 11.6 Å². The highest BCUT2D eigenvalue weighted by Gasteiger charge is 2.35. The van der Waals surface area contributed by atoms with Gasteiger partial charge in [0.2, 0.25) is 5.91 Å². The molecule has 1 amide bonds. The maximum absolute atomic E-state index is 12.5. The molecule has 1 aliphatic carbocycles. The van der Waals surface area contributed by atoms with E-state index in [9.17, 15) is 13.2 Å². The molecule has 8 heteroatoms. The second kappa shape index (κ2) is 6.55. The summed E-state index contributed by atoms with van der Waals surface area (Å²) in [6.07, 6.45) is 4.86. The zero-order valence-corrected chi connectivity index (χ0v) is 15.6. The lowest BCUT2D eigenvalue weighted by molar-refractivity contribution is -0.119. The topological polar surface area (TPSA) is 79.4 Å². The number of hydrogen-bond acceptors (Lipinski definition) is 4. The number of fused-ring (bicyclic) bond motifs is 1. The molecule has 2 aromatic rings. The lowest BCUT2D eigenvalue weighted by Gasteiger charge is -2.30. The fraction of sp³-hybridized carbons (Fsp3) is 0.333. The Bertz CT molecular complexity index is 956. The number of anilines is 2. The van der Waals surface area contributed by atoms with E-state index in [4.69, 9.17) is 11.6 Å². The van der Waals surface area contributed by atoms with Crippen molar-refractivity contribution in [3.63, 3.8) is 0 Å². The van der Waals surface area contributed by atoms with E-state index in [2.05, 4.69) is 9.71 Å². The lowest BCUT2D eigenvalue weighted by Crippen LogP contribution is -2.36. The first-order chi connectivity index (χ1) is 12.4. The van der Waals surface area contributed by atoms with E-state index in [1.165, 1.54) is 18.3 Å². The number of aryl methyl sites for hydroxylation is 1. The summed E-state index contributed by atoms with van der Waals surface area (Å²) in [6, 6.07) is 8.17. The predicted octanol–water partition coefficient (Wildman–Crippen LogP) is 3.23. The number of amides is 1. The van der Waals surface area contributed by atoms with E-state index in [0.717, 1.165) is 43.5 Å². The molecule has 26 heavy (non-hydrogen) atoms. The molecule has 4 rings (SSSR count). The molecule has 1 N–H and O–H groups in total. The molecule has 0 spiro atoms. The Balaban J connectivity index is 1.59. The molecule has 0 unspecified atom stereocenters. The van der Waals surface area contributed by atoms with Crippen LogP contribution < -0.4 is 9.62 Å². The van der Waals surface area contributed by atoms with Crippen molar-refractivity contribution in [2.75, 3.05) is 16.2 Å². The third kappa shape index (κ3) is 3.41. The molecular weight excluding hydrogens is 374 g/mol. The number of nitrogens with one attached hydrogen (secondary N) is 1. The average molecular weight is 392 g/mol. The van der Waals surface area contributed by atoms with E-state index < -0.39 is 10.0 Å². The fourth-order valence-corrected chi connectivity index (χ4v) is 4.28. The first-order valence-corrected chi connectivity index (χ1v) is 10.4. The van der Waals surface area contributed by atoms with Crippen LogP contribution in [0.4, 0.5) is 11.4 Å². The van der Waals surface area contributed by atoms with Gasteiger partial charge < -0.3 is 4.90 Å². The summed E-state index contributed by atoms with van der Waals surface area (Å²) in [5.41, 5.74) is 2.35. The zero-order chi connectivity index (χ0) is 18.3. The standard InChI is InChI=1S/C18H18ClN3O3S/c19-17-8-6-15(11-20-17)26(24,25)21-14-5-7-16-13(10-14)2-1-9-22(16)18(23)12-3-4-12/h5-8,10-12,21H,1-4,9H2. The highest BCUT2D eigenvalue weighted by atomic mass is 35.5. The van der Waals surface area contributed by atoms with Crippen LogP contribution in [0.25, 0.3) is 0 Å². The largest absolute Gasteiger partial charge is 0.312 e. The molecule has 1 aromatic heterocycles. The zero-order valence-electron chi connectivity index (χ0n) is 14.0. The molecule has 2 heterocycles. The van der Waals surface area contributed by atoms with Crippen molar-refractivity contribution in [3.8, 4) is 0 Å². The summed E-state index contributed by atoms with van der Waals surface area (Å²) in [7, 11) is -3.74. The molecule has 6 nitrogen and oxygen atoms in total.